The maximum Gasteiger partial charge on any atom is 0.229 e. The van der Waals surface area contributed by atoms with E-state index >= 15 is 0 Å². The van der Waals surface area contributed by atoms with E-state index in [1.165, 1.54) is 11.8 Å². The molecule has 0 spiro atoms. The zero-order valence-corrected chi connectivity index (χ0v) is 12.2. The number of rotatable bonds is 6. The third-order valence-corrected chi connectivity index (χ3v) is 3.60. The van der Waals surface area contributed by atoms with Gasteiger partial charge in [-0.3, -0.25) is 4.79 Å². The van der Waals surface area contributed by atoms with E-state index in [-0.39, 0.29) is 24.1 Å². The summed E-state index contributed by atoms with van der Waals surface area (Å²) in [7, 11) is 0. The lowest BCUT2D eigenvalue weighted by atomic mass is 10.1. The maximum absolute atomic E-state index is 11.7. The molecule has 1 amide bonds. The molecule has 0 aromatic carbocycles. The Morgan fingerprint density at radius 2 is 2.33 bits per heavy atom. The molecule has 102 valence electrons. The average Bonchev–Trinajstić information content (AvgIpc) is 2.58. The van der Waals surface area contributed by atoms with E-state index in [0.29, 0.717) is 17.0 Å². The van der Waals surface area contributed by atoms with Crippen LogP contribution < -0.4 is 5.32 Å². The van der Waals surface area contributed by atoms with E-state index in [4.69, 9.17) is 16.1 Å². The van der Waals surface area contributed by atoms with Crippen LogP contribution in [-0.4, -0.2) is 40.3 Å². The normalized spacial score (nSPS) is 14.3. The monoisotopic (exact) mass is 292 g/mol. The van der Waals surface area contributed by atoms with Gasteiger partial charge in [0.05, 0.1) is 17.7 Å². The fraction of sp³-hybridized carbons (Fsp3) is 0.636. The minimum Gasteiger partial charge on any atom is -0.387 e. The molecule has 1 unspecified atom stereocenters. The molecule has 2 N–H and O–H groups in total. The van der Waals surface area contributed by atoms with Crippen LogP contribution in [0.3, 0.4) is 0 Å². The fourth-order valence-corrected chi connectivity index (χ4v) is 2.39. The van der Waals surface area contributed by atoms with Crippen molar-refractivity contribution < 1.29 is 14.4 Å². The van der Waals surface area contributed by atoms with Gasteiger partial charge in [-0.25, -0.2) is 0 Å². The quantitative estimate of drug-likeness (QED) is 0.829. The minimum absolute atomic E-state index is 0.101. The molecule has 1 aromatic rings. The van der Waals surface area contributed by atoms with Gasteiger partial charge in [-0.15, -0.1) is 0 Å². The minimum atomic E-state index is -0.914. The summed E-state index contributed by atoms with van der Waals surface area (Å²) in [5.74, 6) is 0.338. The predicted octanol–water partition coefficient (Wildman–Crippen LogP) is 1.41. The van der Waals surface area contributed by atoms with Crippen LogP contribution in [0.15, 0.2) is 4.52 Å². The summed E-state index contributed by atoms with van der Waals surface area (Å²) >= 11 is 7.29. The van der Waals surface area contributed by atoms with Crippen molar-refractivity contribution in [2.45, 2.75) is 25.9 Å². The van der Waals surface area contributed by atoms with Crippen LogP contribution >= 0.6 is 23.4 Å². The molecule has 0 aliphatic heterocycles. The lowest BCUT2D eigenvalue weighted by Crippen LogP contribution is -2.42. The number of hydrogen-bond acceptors (Lipinski definition) is 5. The number of carbonyl (C=O) groups is 1. The van der Waals surface area contributed by atoms with Gasteiger partial charge in [0, 0.05) is 17.9 Å². The Balaban J connectivity index is 2.48. The molecule has 18 heavy (non-hydrogen) atoms. The first-order valence-electron chi connectivity index (χ1n) is 5.44. The number of nitrogens with one attached hydrogen (secondary N) is 1. The molecule has 0 bridgehead atoms. The zero-order valence-electron chi connectivity index (χ0n) is 10.6. The summed E-state index contributed by atoms with van der Waals surface area (Å²) in [4.78, 5) is 11.7. The smallest absolute Gasteiger partial charge is 0.229 e. The van der Waals surface area contributed by atoms with Crippen LogP contribution in [0.25, 0.3) is 0 Å². The number of amides is 1. The van der Waals surface area contributed by atoms with Gasteiger partial charge in [0.1, 0.15) is 0 Å². The van der Waals surface area contributed by atoms with E-state index in [2.05, 4.69) is 10.5 Å². The fourth-order valence-electron chi connectivity index (χ4n) is 1.43. The van der Waals surface area contributed by atoms with Crippen molar-refractivity contribution in [3.05, 3.63) is 16.5 Å². The summed E-state index contributed by atoms with van der Waals surface area (Å²) in [6.07, 6.45) is 2.00. The van der Waals surface area contributed by atoms with Gasteiger partial charge >= 0.3 is 0 Å². The van der Waals surface area contributed by atoms with E-state index in [9.17, 15) is 9.90 Å². The molecule has 5 nitrogen and oxygen atoms in total. The van der Waals surface area contributed by atoms with Crippen LogP contribution in [0, 0.1) is 6.92 Å². The second-order valence-corrected chi connectivity index (χ2v) is 5.61. The lowest BCUT2D eigenvalue weighted by molar-refractivity contribution is -0.121. The van der Waals surface area contributed by atoms with Gasteiger partial charge in [0.15, 0.2) is 0 Å². The van der Waals surface area contributed by atoms with Crippen molar-refractivity contribution in [2.24, 2.45) is 0 Å². The summed E-state index contributed by atoms with van der Waals surface area (Å²) in [6.45, 7) is 3.61. The topological polar surface area (TPSA) is 75.4 Å². The van der Waals surface area contributed by atoms with Gasteiger partial charge in [-0.05, 0) is 31.7 Å². The highest BCUT2D eigenvalue weighted by Crippen LogP contribution is 2.19. The van der Waals surface area contributed by atoms with Gasteiger partial charge in [0.25, 0.3) is 0 Å². The van der Waals surface area contributed by atoms with Crippen LogP contribution in [0.5, 0.6) is 0 Å². The van der Waals surface area contributed by atoms with E-state index in [1.807, 2.05) is 6.26 Å². The number of hydrogen-bond donors (Lipinski definition) is 2. The molecule has 1 atom stereocenters. The molecule has 0 saturated heterocycles. The van der Waals surface area contributed by atoms with Crippen molar-refractivity contribution in [3.8, 4) is 0 Å². The highest BCUT2D eigenvalue weighted by Gasteiger charge is 2.21. The third kappa shape index (κ3) is 4.51. The first-order valence-corrected chi connectivity index (χ1v) is 7.21. The standard InChI is InChI=1S/C11H17ClN2O3S/c1-7-8(10(12)17-14-7)4-9(15)13-5-11(2,16)6-18-3/h16H,4-6H2,1-3H3,(H,13,15). The Kier molecular flexibility index (Phi) is 5.49. The largest absolute Gasteiger partial charge is 0.387 e. The van der Waals surface area contributed by atoms with Crippen molar-refractivity contribution >= 4 is 29.3 Å². The highest BCUT2D eigenvalue weighted by molar-refractivity contribution is 7.98. The average molecular weight is 293 g/mol. The van der Waals surface area contributed by atoms with Crippen molar-refractivity contribution in [3.63, 3.8) is 0 Å². The van der Waals surface area contributed by atoms with Crippen LogP contribution in [0.2, 0.25) is 5.22 Å². The second kappa shape index (κ2) is 6.45. The Morgan fingerprint density at radius 3 is 2.83 bits per heavy atom. The van der Waals surface area contributed by atoms with Gasteiger partial charge in [-0.2, -0.15) is 11.8 Å². The molecular weight excluding hydrogens is 276 g/mol. The Hall–Kier alpha value is -0.720. The van der Waals surface area contributed by atoms with Crippen LogP contribution in [-0.2, 0) is 11.2 Å². The van der Waals surface area contributed by atoms with E-state index in [0.717, 1.165) is 0 Å². The van der Waals surface area contributed by atoms with Crippen LogP contribution in [0.1, 0.15) is 18.2 Å². The Morgan fingerprint density at radius 1 is 1.67 bits per heavy atom. The summed E-state index contributed by atoms with van der Waals surface area (Å²) in [5, 5.41) is 16.4. The second-order valence-electron chi connectivity index (χ2n) is 4.40. The van der Waals surface area contributed by atoms with Gasteiger partial charge < -0.3 is 14.9 Å². The van der Waals surface area contributed by atoms with E-state index in [1.54, 1.807) is 13.8 Å². The highest BCUT2D eigenvalue weighted by atomic mass is 35.5. The summed E-state index contributed by atoms with van der Waals surface area (Å²) in [6, 6.07) is 0. The lowest BCUT2D eigenvalue weighted by Gasteiger charge is -2.22. The number of aromatic nitrogens is 1. The molecule has 1 heterocycles. The van der Waals surface area contributed by atoms with Crippen molar-refractivity contribution in [1.29, 1.82) is 0 Å². The van der Waals surface area contributed by atoms with Crippen LogP contribution in [0.4, 0.5) is 0 Å². The summed E-state index contributed by atoms with van der Waals surface area (Å²) in [5.41, 5.74) is 0.271. The zero-order chi connectivity index (χ0) is 13.8. The number of aryl methyl sites for hydroxylation is 1. The van der Waals surface area contributed by atoms with E-state index < -0.39 is 5.60 Å². The summed E-state index contributed by atoms with van der Waals surface area (Å²) < 4.78 is 4.76. The molecule has 0 radical (unpaired) electrons. The van der Waals surface area contributed by atoms with Gasteiger partial charge in [0.2, 0.25) is 11.1 Å². The third-order valence-electron chi connectivity index (χ3n) is 2.40. The predicted molar refractivity (Wildman–Crippen MR) is 72.0 cm³/mol. The first kappa shape index (κ1) is 15.3. The number of halogens is 1. The maximum atomic E-state index is 11.7. The molecule has 0 aliphatic carbocycles. The molecule has 7 heteroatoms. The Bertz CT molecular complexity index is 401. The van der Waals surface area contributed by atoms with Crippen molar-refractivity contribution in [2.75, 3.05) is 18.6 Å². The van der Waals surface area contributed by atoms with Gasteiger partial charge in [-0.1, -0.05) is 5.16 Å². The number of aliphatic hydroxyl groups is 1. The molecule has 0 fully saturated rings. The Labute approximate surface area is 115 Å². The number of carbonyl (C=O) groups excluding carboxylic acids is 1. The first-order chi connectivity index (χ1) is 8.35. The molecular formula is C11H17ClN2O3S. The number of thioether (sulfide) groups is 1. The number of nitrogens with zero attached hydrogens (tertiary/aromatic N) is 1. The van der Waals surface area contributed by atoms with Crippen molar-refractivity contribution in [1.82, 2.24) is 10.5 Å². The SMILES string of the molecule is CSCC(C)(O)CNC(=O)Cc1c(C)noc1Cl. The molecule has 0 saturated carbocycles. The molecule has 0 aliphatic rings. The molecule has 1 rings (SSSR count). The molecule has 1 aromatic heterocycles.